The van der Waals surface area contributed by atoms with Crippen molar-refractivity contribution in [3.63, 3.8) is 0 Å². The summed E-state index contributed by atoms with van der Waals surface area (Å²) in [4.78, 5) is 0. The summed E-state index contributed by atoms with van der Waals surface area (Å²) in [6.45, 7) is 5.50. The van der Waals surface area contributed by atoms with Crippen LogP contribution in [0.2, 0.25) is 0 Å². The summed E-state index contributed by atoms with van der Waals surface area (Å²) < 4.78 is 10.5. The highest BCUT2D eigenvalue weighted by Gasteiger charge is 2.07. The van der Waals surface area contributed by atoms with E-state index in [0.29, 0.717) is 25.7 Å². The summed E-state index contributed by atoms with van der Waals surface area (Å²) in [6.07, 6.45) is 0.719. The summed E-state index contributed by atoms with van der Waals surface area (Å²) in [6, 6.07) is 0. The average Bonchev–Trinajstić information content (AvgIpc) is 2.15. The molecule has 0 aromatic carbocycles. The van der Waals surface area contributed by atoms with Crippen LogP contribution < -0.4 is 0 Å². The third-order valence-corrected chi connectivity index (χ3v) is 1.79. The van der Waals surface area contributed by atoms with Gasteiger partial charge in [0.15, 0.2) is 0 Å². The molecule has 86 valence electrons. The Balaban J connectivity index is 3.38. The highest BCUT2D eigenvalue weighted by molar-refractivity contribution is 4.54. The molecule has 0 heterocycles. The van der Waals surface area contributed by atoms with Crippen LogP contribution in [0.4, 0.5) is 0 Å². The van der Waals surface area contributed by atoms with Crippen LogP contribution >= 0.6 is 0 Å². The first-order chi connectivity index (χ1) is 6.70. The minimum atomic E-state index is -0.264. The molecule has 0 aromatic heterocycles. The van der Waals surface area contributed by atoms with Crippen molar-refractivity contribution >= 4 is 0 Å². The Kier molecular flexibility index (Phi) is 9.29. The fourth-order valence-electron chi connectivity index (χ4n) is 0.903. The number of hydrogen-bond acceptors (Lipinski definition) is 4. The molecule has 0 spiro atoms. The van der Waals surface area contributed by atoms with Crippen molar-refractivity contribution in [1.29, 1.82) is 0 Å². The van der Waals surface area contributed by atoms with E-state index >= 15 is 0 Å². The summed E-state index contributed by atoms with van der Waals surface area (Å²) >= 11 is 0. The molecule has 0 saturated carbocycles. The average molecular weight is 206 g/mol. The molecule has 2 N–H and O–H groups in total. The second kappa shape index (κ2) is 9.40. The predicted octanol–water partition coefficient (Wildman–Crippen LogP) is 0.419. The zero-order valence-electron chi connectivity index (χ0n) is 9.11. The topological polar surface area (TPSA) is 58.9 Å². The zero-order valence-corrected chi connectivity index (χ0v) is 9.11. The van der Waals surface area contributed by atoms with E-state index < -0.39 is 0 Å². The molecule has 14 heavy (non-hydrogen) atoms. The lowest BCUT2D eigenvalue weighted by Gasteiger charge is -2.16. The van der Waals surface area contributed by atoms with Gasteiger partial charge in [0.05, 0.1) is 26.4 Å². The molecule has 0 radical (unpaired) electrons. The first kappa shape index (κ1) is 13.8. The maximum Gasteiger partial charge on any atom is 0.104 e. The number of ether oxygens (including phenoxy) is 2. The smallest absolute Gasteiger partial charge is 0.104 e. The van der Waals surface area contributed by atoms with E-state index in [1.54, 1.807) is 0 Å². The molecule has 4 nitrogen and oxygen atoms in total. The Hall–Kier alpha value is -0.160. The Morgan fingerprint density at radius 2 is 1.86 bits per heavy atom. The van der Waals surface area contributed by atoms with Gasteiger partial charge in [-0.1, -0.05) is 13.8 Å². The molecule has 0 fully saturated rings. The van der Waals surface area contributed by atoms with Gasteiger partial charge in [-0.05, 0) is 12.3 Å². The molecule has 0 amide bonds. The Morgan fingerprint density at radius 3 is 2.36 bits per heavy atom. The minimum Gasteiger partial charge on any atom is -0.394 e. The summed E-state index contributed by atoms with van der Waals surface area (Å²) in [7, 11) is 0. The van der Waals surface area contributed by atoms with Gasteiger partial charge in [-0.25, -0.2) is 0 Å². The van der Waals surface area contributed by atoms with Gasteiger partial charge in [0.1, 0.15) is 6.10 Å². The van der Waals surface area contributed by atoms with E-state index in [2.05, 4.69) is 13.8 Å². The number of hydrogen-bond donors (Lipinski definition) is 2. The lowest BCUT2D eigenvalue weighted by atomic mass is 10.1. The SMILES string of the molecule is CC(C)CCOC(CO)COCCO. The molecule has 0 rings (SSSR count). The van der Waals surface area contributed by atoms with Crippen molar-refractivity contribution in [2.75, 3.05) is 33.0 Å². The first-order valence-electron chi connectivity index (χ1n) is 5.11. The van der Waals surface area contributed by atoms with Gasteiger partial charge in [-0.2, -0.15) is 0 Å². The second-order valence-electron chi connectivity index (χ2n) is 3.66. The maximum atomic E-state index is 8.92. The van der Waals surface area contributed by atoms with Crippen LogP contribution in [0.3, 0.4) is 0 Å². The minimum absolute atomic E-state index is 0.00411. The Labute approximate surface area is 85.8 Å². The Bertz CT molecular complexity index is 117. The van der Waals surface area contributed by atoms with Crippen LogP contribution in [-0.2, 0) is 9.47 Å². The summed E-state index contributed by atoms with van der Waals surface area (Å²) in [5.41, 5.74) is 0. The third-order valence-electron chi connectivity index (χ3n) is 1.79. The molecule has 0 bridgehead atoms. The molecule has 4 heteroatoms. The molecule has 1 atom stereocenters. The number of aliphatic hydroxyl groups is 2. The second-order valence-corrected chi connectivity index (χ2v) is 3.66. The summed E-state index contributed by atoms with van der Waals surface area (Å²) in [5.74, 6) is 0.604. The van der Waals surface area contributed by atoms with Gasteiger partial charge in [0.2, 0.25) is 0 Å². The lowest BCUT2D eigenvalue weighted by molar-refractivity contribution is -0.0495. The van der Waals surface area contributed by atoms with Gasteiger partial charge in [-0.15, -0.1) is 0 Å². The molecule has 0 aliphatic heterocycles. The van der Waals surface area contributed by atoms with Gasteiger partial charge >= 0.3 is 0 Å². The molecular formula is C10H22O4. The van der Waals surface area contributed by atoms with Crippen LogP contribution in [-0.4, -0.2) is 49.4 Å². The maximum absolute atomic E-state index is 8.92. The molecule has 1 unspecified atom stereocenters. The van der Waals surface area contributed by atoms with E-state index in [-0.39, 0.29) is 19.3 Å². The van der Waals surface area contributed by atoms with Gasteiger partial charge < -0.3 is 19.7 Å². The van der Waals surface area contributed by atoms with Crippen LogP contribution in [0.1, 0.15) is 20.3 Å². The van der Waals surface area contributed by atoms with E-state index in [9.17, 15) is 0 Å². The van der Waals surface area contributed by atoms with Crippen LogP contribution in [0, 0.1) is 5.92 Å². The normalized spacial score (nSPS) is 13.5. The summed E-state index contributed by atoms with van der Waals surface area (Å²) in [5, 5.41) is 17.4. The van der Waals surface area contributed by atoms with Crippen molar-refractivity contribution in [1.82, 2.24) is 0 Å². The molecule has 0 aromatic rings. The fraction of sp³-hybridized carbons (Fsp3) is 1.00. The lowest BCUT2D eigenvalue weighted by Crippen LogP contribution is -2.25. The van der Waals surface area contributed by atoms with Crippen molar-refractivity contribution in [3.8, 4) is 0 Å². The zero-order chi connectivity index (χ0) is 10.8. The number of aliphatic hydroxyl groups excluding tert-OH is 2. The quantitative estimate of drug-likeness (QED) is 0.537. The van der Waals surface area contributed by atoms with Crippen LogP contribution in [0.15, 0.2) is 0 Å². The highest BCUT2D eigenvalue weighted by Crippen LogP contribution is 2.01. The molecule has 0 aliphatic rings. The Morgan fingerprint density at radius 1 is 1.14 bits per heavy atom. The largest absolute Gasteiger partial charge is 0.394 e. The molecule has 0 aliphatic carbocycles. The van der Waals surface area contributed by atoms with Crippen LogP contribution in [0.5, 0.6) is 0 Å². The van der Waals surface area contributed by atoms with Crippen molar-refractivity contribution in [3.05, 3.63) is 0 Å². The third kappa shape index (κ3) is 8.44. The number of rotatable bonds is 9. The van der Waals surface area contributed by atoms with E-state index in [1.807, 2.05) is 0 Å². The van der Waals surface area contributed by atoms with E-state index in [4.69, 9.17) is 19.7 Å². The van der Waals surface area contributed by atoms with Crippen molar-refractivity contribution in [2.45, 2.75) is 26.4 Å². The fourth-order valence-corrected chi connectivity index (χ4v) is 0.903. The van der Waals surface area contributed by atoms with Gasteiger partial charge in [0, 0.05) is 6.61 Å². The molecule has 0 saturated heterocycles. The van der Waals surface area contributed by atoms with Gasteiger partial charge in [0.25, 0.3) is 0 Å². The van der Waals surface area contributed by atoms with Crippen LogP contribution in [0.25, 0.3) is 0 Å². The monoisotopic (exact) mass is 206 g/mol. The predicted molar refractivity (Wildman–Crippen MR) is 54.2 cm³/mol. The van der Waals surface area contributed by atoms with E-state index in [0.717, 1.165) is 6.42 Å². The first-order valence-corrected chi connectivity index (χ1v) is 5.11. The molecular weight excluding hydrogens is 184 g/mol. The highest BCUT2D eigenvalue weighted by atomic mass is 16.5. The standard InChI is InChI=1S/C10H22O4/c1-9(2)3-5-14-10(7-12)8-13-6-4-11/h9-12H,3-8H2,1-2H3. The van der Waals surface area contributed by atoms with Crippen molar-refractivity contribution in [2.24, 2.45) is 5.92 Å². The van der Waals surface area contributed by atoms with Gasteiger partial charge in [-0.3, -0.25) is 0 Å². The van der Waals surface area contributed by atoms with E-state index in [1.165, 1.54) is 0 Å². The van der Waals surface area contributed by atoms with Crippen molar-refractivity contribution < 1.29 is 19.7 Å².